The highest BCUT2D eigenvalue weighted by Gasteiger charge is 2.09. The SMILES string of the molecule is CCCCNc1nc2cc(C)ccc2n1CCO. The summed E-state index contributed by atoms with van der Waals surface area (Å²) in [5, 5.41) is 12.5. The number of nitrogens with zero attached hydrogens (tertiary/aromatic N) is 2. The Morgan fingerprint density at radius 1 is 1.39 bits per heavy atom. The van der Waals surface area contributed by atoms with E-state index in [1.54, 1.807) is 0 Å². The average molecular weight is 247 g/mol. The topological polar surface area (TPSA) is 50.1 Å². The first-order chi connectivity index (χ1) is 8.76. The summed E-state index contributed by atoms with van der Waals surface area (Å²) in [6.45, 7) is 5.86. The molecule has 98 valence electrons. The summed E-state index contributed by atoms with van der Waals surface area (Å²) in [6.07, 6.45) is 2.29. The van der Waals surface area contributed by atoms with Gasteiger partial charge in [0.15, 0.2) is 0 Å². The first kappa shape index (κ1) is 12.9. The van der Waals surface area contributed by atoms with Crippen molar-refractivity contribution in [3.8, 4) is 0 Å². The van der Waals surface area contributed by atoms with Gasteiger partial charge in [0.2, 0.25) is 5.95 Å². The number of benzene rings is 1. The Bertz CT molecular complexity index is 519. The van der Waals surface area contributed by atoms with Gasteiger partial charge in [0, 0.05) is 13.1 Å². The third-order valence-electron chi connectivity index (χ3n) is 3.04. The largest absolute Gasteiger partial charge is 0.395 e. The third-order valence-corrected chi connectivity index (χ3v) is 3.04. The highest BCUT2D eigenvalue weighted by molar-refractivity contribution is 5.79. The number of rotatable bonds is 6. The molecule has 0 spiro atoms. The smallest absolute Gasteiger partial charge is 0.203 e. The van der Waals surface area contributed by atoms with Crippen LogP contribution in [-0.4, -0.2) is 27.8 Å². The van der Waals surface area contributed by atoms with E-state index in [1.807, 2.05) is 4.57 Å². The zero-order chi connectivity index (χ0) is 13.0. The van der Waals surface area contributed by atoms with E-state index in [4.69, 9.17) is 0 Å². The Balaban J connectivity index is 2.34. The Labute approximate surface area is 108 Å². The number of aryl methyl sites for hydroxylation is 1. The lowest BCUT2D eigenvalue weighted by atomic mass is 10.2. The molecule has 1 aromatic heterocycles. The number of imidazole rings is 1. The highest BCUT2D eigenvalue weighted by Crippen LogP contribution is 2.20. The van der Waals surface area contributed by atoms with Gasteiger partial charge < -0.3 is 15.0 Å². The van der Waals surface area contributed by atoms with Crippen LogP contribution in [0.15, 0.2) is 18.2 Å². The van der Waals surface area contributed by atoms with Gasteiger partial charge in [-0.2, -0.15) is 0 Å². The van der Waals surface area contributed by atoms with Gasteiger partial charge in [0.25, 0.3) is 0 Å². The number of aromatic nitrogens is 2. The summed E-state index contributed by atoms with van der Waals surface area (Å²) >= 11 is 0. The molecule has 4 heteroatoms. The van der Waals surface area contributed by atoms with E-state index >= 15 is 0 Å². The van der Waals surface area contributed by atoms with Gasteiger partial charge in [-0.15, -0.1) is 0 Å². The minimum atomic E-state index is 0.127. The zero-order valence-corrected chi connectivity index (χ0v) is 11.1. The van der Waals surface area contributed by atoms with Crippen LogP contribution >= 0.6 is 0 Å². The first-order valence-corrected chi connectivity index (χ1v) is 6.58. The molecule has 1 aromatic carbocycles. The van der Waals surface area contributed by atoms with Crippen LogP contribution in [0.3, 0.4) is 0 Å². The van der Waals surface area contributed by atoms with Crippen LogP contribution in [-0.2, 0) is 6.54 Å². The minimum absolute atomic E-state index is 0.127. The van der Waals surface area contributed by atoms with E-state index in [9.17, 15) is 5.11 Å². The molecule has 0 aliphatic rings. The Morgan fingerprint density at radius 3 is 2.94 bits per heavy atom. The van der Waals surface area contributed by atoms with Crippen LogP contribution in [0.25, 0.3) is 11.0 Å². The van der Waals surface area contributed by atoms with Gasteiger partial charge >= 0.3 is 0 Å². The molecule has 2 rings (SSSR count). The molecule has 0 fully saturated rings. The molecule has 0 saturated heterocycles. The summed E-state index contributed by atoms with van der Waals surface area (Å²) in [4.78, 5) is 4.60. The summed E-state index contributed by atoms with van der Waals surface area (Å²) < 4.78 is 2.05. The van der Waals surface area contributed by atoms with Gasteiger partial charge in [-0.3, -0.25) is 0 Å². The molecule has 2 N–H and O–H groups in total. The summed E-state index contributed by atoms with van der Waals surface area (Å²) in [7, 11) is 0. The molecule has 4 nitrogen and oxygen atoms in total. The van der Waals surface area contributed by atoms with E-state index in [1.165, 1.54) is 5.56 Å². The summed E-state index contributed by atoms with van der Waals surface area (Å²) in [6, 6.07) is 6.22. The first-order valence-electron chi connectivity index (χ1n) is 6.58. The second-order valence-corrected chi connectivity index (χ2v) is 4.58. The van der Waals surface area contributed by atoms with Gasteiger partial charge in [-0.1, -0.05) is 19.4 Å². The van der Waals surface area contributed by atoms with Gasteiger partial charge in [-0.25, -0.2) is 4.98 Å². The van der Waals surface area contributed by atoms with Crippen molar-refractivity contribution in [1.82, 2.24) is 9.55 Å². The quantitative estimate of drug-likeness (QED) is 0.771. The molecule has 0 aliphatic carbocycles. The fraction of sp³-hybridized carbons (Fsp3) is 0.500. The molecule has 1 heterocycles. The molecule has 0 radical (unpaired) electrons. The van der Waals surface area contributed by atoms with Crippen molar-refractivity contribution < 1.29 is 5.11 Å². The van der Waals surface area contributed by atoms with Crippen LogP contribution in [0.1, 0.15) is 25.3 Å². The fourth-order valence-electron chi connectivity index (χ4n) is 2.08. The molecule has 2 aromatic rings. The van der Waals surface area contributed by atoms with Crippen molar-refractivity contribution in [3.05, 3.63) is 23.8 Å². The van der Waals surface area contributed by atoms with Gasteiger partial charge in [0.05, 0.1) is 17.6 Å². The van der Waals surface area contributed by atoms with E-state index in [0.717, 1.165) is 36.4 Å². The van der Waals surface area contributed by atoms with Crippen molar-refractivity contribution in [1.29, 1.82) is 0 Å². The molecule has 0 amide bonds. The maximum atomic E-state index is 9.17. The predicted molar refractivity (Wildman–Crippen MR) is 75.0 cm³/mol. The van der Waals surface area contributed by atoms with Crippen molar-refractivity contribution in [2.75, 3.05) is 18.5 Å². The molecule has 18 heavy (non-hydrogen) atoms. The maximum absolute atomic E-state index is 9.17. The van der Waals surface area contributed by atoms with Gasteiger partial charge in [0.1, 0.15) is 0 Å². The number of aliphatic hydroxyl groups excluding tert-OH is 1. The fourth-order valence-corrected chi connectivity index (χ4v) is 2.08. The van der Waals surface area contributed by atoms with Crippen LogP contribution in [0.2, 0.25) is 0 Å². The number of aliphatic hydroxyl groups is 1. The maximum Gasteiger partial charge on any atom is 0.203 e. The van der Waals surface area contributed by atoms with E-state index < -0.39 is 0 Å². The van der Waals surface area contributed by atoms with Crippen LogP contribution in [0.4, 0.5) is 5.95 Å². The molecule has 0 bridgehead atoms. The second-order valence-electron chi connectivity index (χ2n) is 4.58. The number of fused-ring (bicyclic) bond motifs is 1. The Hall–Kier alpha value is -1.55. The van der Waals surface area contributed by atoms with E-state index in [0.29, 0.717) is 6.54 Å². The van der Waals surface area contributed by atoms with Crippen LogP contribution in [0.5, 0.6) is 0 Å². The van der Waals surface area contributed by atoms with Crippen LogP contribution < -0.4 is 5.32 Å². The monoisotopic (exact) mass is 247 g/mol. The predicted octanol–water partition coefficient (Wildman–Crippen LogP) is 2.55. The van der Waals surface area contributed by atoms with E-state index in [-0.39, 0.29) is 6.61 Å². The molecule has 0 saturated carbocycles. The molecular weight excluding hydrogens is 226 g/mol. The van der Waals surface area contributed by atoms with Crippen molar-refractivity contribution in [3.63, 3.8) is 0 Å². The van der Waals surface area contributed by atoms with Crippen molar-refractivity contribution in [2.45, 2.75) is 33.2 Å². The number of anilines is 1. The Kier molecular flexibility index (Phi) is 4.20. The normalized spacial score (nSPS) is 11.1. The molecular formula is C14H21N3O. The number of nitrogens with one attached hydrogen (secondary N) is 1. The van der Waals surface area contributed by atoms with Gasteiger partial charge in [-0.05, 0) is 31.0 Å². The van der Waals surface area contributed by atoms with Crippen LogP contribution in [0, 0.1) is 6.92 Å². The lowest BCUT2D eigenvalue weighted by molar-refractivity contribution is 0.278. The third kappa shape index (κ3) is 2.64. The number of unbranched alkanes of at least 4 members (excludes halogenated alkanes) is 1. The van der Waals surface area contributed by atoms with Crippen molar-refractivity contribution >= 4 is 17.0 Å². The summed E-state index contributed by atoms with van der Waals surface area (Å²) in [5.41, 5.74) is 3.27. The lowest BCUT2D eigenvalue weighted by Crippen LogP contribution is -2.10. The summed E-state index contributed by atoms with van der Waals surface area (Å²) in [5.74, 6) is 0.859. The standard InChI is InChI=1S/C14H21N3O/c1-3-4-7-15-14-16-12-10-11(2)5-6-13(12)17(14)8-9-18/h5-6,10,18H,3-4,7-9H2,1-2H3,(H,15,16). The van der Waals surface area contributed by atoms with E-state index in [2.05, 4.69) is 42.3 Å². The van der Waals surface area contributed by atoms with Crippen molar-refractivity contribution in [2.24, 2.45) is 0 Å². The molecule has 0 aliphatic heterocycles. The Morgan fingerprint density at radius 2 is 2.22 bits per heavy atom. The minimum Gasteiger partial charge on any atom is -0.395 e. The number of hydrogen-bond acceptors (Lipinski definition) is 3. The second kappa shape index (κ2) is 5.87. The number of hydrogen-bond donors (Lipinski definition) is 2. The average Bonchev–Trinajstić information content (AvgIpc) is 2.68. The molecule has 0 atom stereocenters. The highest BCUT2D eigenvalue weighted by atomic mass is 16.3. The molecule has 0 unspecified atom stereocenters. The zero-order valence-electron chi connectivity index (χ0n) is 11.1. The lowest BCUT2D eigenvalue weighted by Gasteiger charge is -2.08.